The Balaban J connectivity index is 1.45. The Labute approximate surface area is 196 Å². The number of piperazine rings is 1. The summed E-state index contributed by atoms with van der Waals surface area (Å²) < 4.78 is 51.8. The van der Waals surface area contributed by atoms with E-state index in [1.165, 1.54) is 24.3 Å². The molecule has 0 spiro atoms. The number of hydrogen-bond donors (Lipinski definition) is 0. The zero-order valence-electron chi connectivity index (χ0n) is 19.2. The molecule has 2 heterocycles. The number of ether oxygens (including phenoxy) is 3. The molecule has 0 saturated carbocycles. The molecule has 1 amide bonds. The monoisotopic (exact) mass is 479 g/mol. The molecule has 0 atom stereocenters. The van der Waals surface area contributed by atoms with Gasteiger partial charge in [0, 0.05) is 64.7 Å². The molecule has 2 aromatic rings. The molecule has 2 aromatic carbocycles. The molecule has 1 saturated heterocycles. The number of benzene rings is 2. The lowest BCUT2D eigenvalue weighted by molar-refractivity contribution is -0.274. The van der Waals surface area contributed by atoms with Gasteiger partial charge in [-0.2, -0.15) is 0 Å². The Hall–Kier alpha value is -2.98. The molecule has 0 radical (unpaired) electrons. The number of carbonyl (C=O) groups excluding carboxylic acids is 1. The van der Waals surface area contributed by atoms with Crippen LogP contribution in [0.4, 0.5) is 18.9 Å². The van der Waals surface area contributed by atoms with Crippen LogP contribution in [0, 0.1) is 0 Å². The first kappa shape index (κ1) is 24.2. The topological polar surface area (TPSA) is 54.5 Å². The van der Waals surface area contributed by atoms with Gasteiger partial charge in [-0.15, -0.1) is 13.2 Å². The van der Waals surface area contributed by atoms with Crippen LogP contribution in [0.15, 0.2) is 36.4 Å². The van der Waals surface area contributed by atoms with Crippen molar-refractivity contribution >= 4 is 11.6 Å². The van der Waals surface area contributed by atoms with Crippen molar-refractivity contribution in [1.82, 2.24) is 9.80 Å². The fourth-order valence-electron chi connectivity index (χ4n) is 4.40. The van der Waals surface area contributed by atoms with Crippen LogP contribution in [0.3, 0.4) is 0 Å². The molecule has 0 aromatic heterocycles. The first-order valence-corrected chi connectivity index (χ1v) is 11.1. The van der Waals surface area contributed by atoms with E-state index in [4.69, 9.17) is 9.47 Å². The SMILES string of the molecule is COCCN1CCN(c2cc3c(c(OC)c2)C(=O)N(Cc2ccc(OC(F)(F)F)cc2)C3)CC1. The lowest BCUT2D eigenvalue weighted by atomic mass is 10.1. The van der Waals surface area contributed by atoms with E-state index >= 15 is 0 Å². The molecule has 0 aliphatic carbocycles. The molecule has 7 nitrogen and oxygen atoms in total. The van der Waals surface area contributed by atoms with Gasteiger partial charge in [0.15, 0.2) is 0 Å². The van der Waals surface area contributed by atoms with Crippen molar-refractivity contribution in [3.8, 4) is 11.5 Å². The van der Waals surface area contributed by atoms with Gasteiger partial charge >= 0.3 is 6.36 Å². The molecule has 10 heteroatoms. The molecule has 34 heavy (non-hydrogen) atoms. The molecule has 4 rings (SSSR count). The van der Waals surface area contributed by atoms with Gasteiger partial charge in [0.2, 0.25) is 0 Å². The van der Waals surface area contributed by atoms with Gasteiger partial charge in [-0.25, -0.2) is 0 Å². The van der Waals surface area contributed by atoms with Crippen LogP contribution in [-0.4, -0.2) is 75.6 Å². The van der Waals surface area contributed by atoms with Crippen molar-refractivity contribution in [3.05, 3.63) is 53.1 Å². The van der Waals surface area contributed by atoms with Gasteiger partial charge in [0.25, 0.3) is 5.91 Å². The van der Waals surface area contributed by atoms with Gasteiger partial charge < -0.3 is 24.0 Å². The summed E-state index contributed by atoms with van der Waals surface area (Å²) in [6.45, 7) is 5.91. The number of rotatable bonds is 8. The van der Waals surface area contributed by atoms with E-state index in [9.17, 15) is 18.0 Å². The zero-order chi connectivity index (χ0) is 24.3. The van der Waals surface area contributed by atoms with Gasteiger partial charge in [0.05, 0.1) is 19.3 Å². The van der Waals surface area contributed by atoms with Gasteiger partial charge in [-0.3, -0.25) is 9.69 Å². The van der Waals surface area contributed by atoms with Gasteiger partial charge in [0.1, 0.15) is 11.5 Å². The van der Waals surface area contributed by atoms with Crippen LogP contribution in [0.2, 0.25) is 0 Å². The Kier molecular flexibility index (Phi) is 7.18. The predicted octanol–water partition coefficient (Wildman–Crippen LogP) is 3.52. The van der Waals surface area contributed by atoms with E-state index in [2.05, 4.69) is 14.5 Å². The maximum Gasteiger partial charge on any atom is 0.573 e. The third-order valence-electron chi connectivity index (χ3n) is 6.13. The minimum absolute atomic E-state index is 0.154. The fourth-order valence-corrected chi connectivity index (χ4v) is 4.40. The summed E-state index contributed by atoms with van der Waals surface area (Å²) in [5.74, 6) is 0.0926. The summed E-state index contributed by atoms with van der Waals surface area (Å²) in [7, 11) is 3.26. The maximum atomic E-state index is 13.1. The van der Waals surface area contributed by atoms with Crippen molar-refractivity contribution in [2.75, 3.05) is 58.5 Å². The highest BCUT2D eigenvalue weighted by atomic mass is 19.4. The predicted molar refractivity (Wildman–Crippen MR) is 120 cm³/mol. The number of amides is 1. The van der Waals surface area contributed by atoms with Crippen LogP contribution in [-0.2, 0) is 17.8 Å². The smallest absolute Gasteiger partial charge is 0.496 e. The van der Waals surface area contributed by atoms with E-state index in [1.807, 2.05) is 12.1 Å². The Morgan fingerprint density at radius 1 is 1.00 bits per heavy atom. The Bertz CT molecular complexity index is 1010. The molecule has 0 bridgehead atoms. The average molecular weight is 479 g/mol. The number of halogens is 3. The van der Waals surface area contributed by atoms with Crippen LogP contribution in [0.1, 0.15) is 21.5 Å². The lowest BCUT2D eigenvalue weighted by Crippen LogP contribution is -2.47. The maximum absolute atomic E-state index is 13.1. The fraction of sp³-hybridized carbons (Fsp3) is 0.458. The zero-order valence-corrected chi connectivity index (χ0v) is 19.2. The van der Waals surface area contributed by atoms with Crippen molar-refractivity contribution < 1.29 is 32.2 Å². The number of hydrogen-bond acceptors (Lipinski definition) is 6. The first-order chi connectivity index (χ1) is 16.3. The summed E-state index contributed by atoms with van der Waals surface area (Å²) >= 11 is 0. The highest BCUT2D eigenvalue weighted by Crippen LogP contribution is 2.36. The normalized spacial score (nSPS) is 16.7. The van der Waals surface area contributed by atoms with Crippen LogP contribution in [0.25, 0.3) is 0 Å². The van der Waals surface area contributed by atoms with E-state index in [0.717, 1.165) is 44.0 Å². The minimum Gasteiger partial charge on any atom is -0.496 e. The highest BCUT2D eigenvalue weighted by molar-refractivity contribution is 6.01. The second-order valence-corrected chi connectivity index (χ2v) is 8.36. The molecule has 2 aliphatic heterocycles. The Morgan fingerprint density at radius 3 is 2.32 bits per heavy atom. The number of fused-ring (bicyclic) bond motifs is 1. The second kappa shape index (κ2) is 10.1. The van der Waals surface area contributed by atoms with E-state index in [0.29, 0.717) is 30.0 Å². The molecule has 184 valence electrons. The summed E-state index contributed by atoms with van der Waals surface area (Å²) in [6.07, 6.45) is -4.74. The number of methoxy groups -OCH3 is 2. The number of anilines is 1. The van der Waals surface area contributed by atoms with E-state index in [-0.39, 0.29) is 18.2 Å². The highest BCUT2D eigenvalue weighted by Gasteiger charge is 2.33. The summed E-state index contributed by atoms with van der Waals surface area (Å²) in [5, 5.41) is 0. The quantitative estimate of drug-likeness (QED) is 0.578. The van der Waals surface area contributed by atoms with Crippen LogP contribution >= 0.6 is 0 Å². The third kappa shape index (κ3) is 5.56. The average Bonchev–Trinajstić information content (AvgIpc) is 3.13. The molecule has 1 fully saturated rings. The molecular weight excluding hydrogens is 451 g/mol. The molecule has 2 aliphatic rings. The number of alkyl halides is 3. The van der Waals surface area contributed by atoms with E-state index in [1.54, 1.807) is 19.1 Å². The van der Waals surface area contributed by atoms with Crippen molar-refractivity contribution in [2.45, 2.75) is 19.5 Å². The largest absolute Gasteiger partial charge is 0.573 e. The van der Waals surface area contributed by atoms with Crippen molar-refractivity contribution in [2.24, 2.45) is 0 Å². The van der Waals surface area contributed by atoms with Gasteiger partial charge in [-0.05, 0) is 29.3 Å². The third-order valence-corrected chi connectivity index (χ3v) is 6.13. The standard InChI is InChI=1S/C24H28F3N3O4/c1-32-12-11-28-7-9-29(10-8-28)19-13-18-16-30(23(31)22(18)21(14-19)33-2)15-17-3-5-20(6-4-17)34-24(25,26)27/h3-6,13-14H,7-12,15-16H2,1-2H3. The van der Waals surface area contributed by atoms with E-state index < -0.39 is 6.36 Å². The van der Waals surface area contributed by atoms with Crippen LogP contribution in [0.5, 0.6) is 11.5 Å². The molecule has 0 unspecified atom stereocenters. The van der Waals surface area contributed by atoms with Crippen molar-refractivity contribution in [3.63, 3.8) is 0 Å². The second-order valence-electron chi connectivity index (χ2n) is 8.36. The van der Waals surface area contributed by atoms with Crippen LogP contribution < -0.4 is 14.4 Å². The number of nitrogens with zero attached hydrogens (tertiary/aromatic N) is 3. The Morgan fingerprint density at radius 2 is 1.71 bits per heavy atom. The summed E-state index contributed by atoms with van der Waals surface area (Å²) in [5.41, 5.74) is 3.16. The minimum atomic E-state index is -4.74. The summed E-state index contributed by atoms with van der Waals surface area (Å²) in [4.78, 5) is 19.4. The molecule has 0 N–H and O–H groups in total. The summed E-state index contributed by atoms with van der Waals surface area (Å²) in [6, 6.07) is 9.52. The first-order valence-electron chi connectivity index (χ1n) is 11.1. The molecular formula is C24H28F3N3O4. The van der Waals surface area contributed by atoms with Gasteiger partial charge in [-0.1, -0.05) is 12.1 Å². The number of carbonyl (C=O) groups is 1. The lowest BCUT2D eigenvalue weighted by Gasteiger charge is -2.36. The van der Waals surface area contributed by atoms with Crippen molar-refractivity contribution in [1.29, 1.82) is 0 Å².